The van der Waals surface area contributed by atoms with Crippen molar-refractivity contribution >= 4 is 85.3 Å². The molecule has 5 aromatic rings. The van der Waals surface area contributed by atoms with E-state index >= 15 is 0 Å². The maximum absolute atomic E-state index is 13.4. The normalized spacial score (nSPS) is 20.1. The molecule has 0 saturated carbocycles. The Hall–Kier alpha value is -7.50. The number of rotatable bonds is 11. The molecule has 0 aliphatic carbocycles. The first kappa shape index (κ1) is 55.3. The third kappa shape index (κ3) is 12.0. The van der Waals surface area contributed by atoms with Crippen molar-refractivity contribution in [3.63, 3.8) is 0 Å². The van der Waals surface area contributed by atoms with E-state index in [1.165, 1.54) is 41.0 Å². The van der Waals surface area contributed by atoms with Crippen molar-refractivity contribution in [3.05, 3.63) is 159 Å². The molecule has 1 N–H and O–H groups in total. The summed E-state index contributed by atoms with van der Waals surface area (Å²) < 4.78 is 28.8. The molecule has 0 unspecified atom stereocenters. The van der Waals surface area contributed by atoms with Crippen molar-refractivity contribution in [2.75, 3.05) is 41.0 Å². The highest BCUT2D eigenvalue weighted by atomic mass is 79.9. The first-order valence-corrected chi connectivity index (χ1v) is 28.0. The number of methoxy groups -OCH3 is 3. The first-order valence-electron chi connectivity index (χ1n) is 25.7. The van der Waals surface area contributed by atoms with E-state index < -0.39 is 0 Å². The van der Waals surface area contributed by atoms with E-state index in [0.29, 0.717) is 76.4 Å². The lowest BCUT2D eigenvalue weighted by Crippen LogP contribution is -2.35. The first-order chi connectivity index (χ1) is 37.9. The molecule has 6 heterocycles. The number of halogens is 2. The van der Waals surface area contributed by atoms with Crippen LogP contribution in [-0.4, -0.2) is 115 Å². The number of aromatic hydroxyl groups is 1. The van der Waals surface area contributed by atoms with Gasteiger partial charge in [0.15, 0.2) is 34.5 Å². The van der Waals surface area contributed by atoms with Crippen LogP contribution in [0.2, 0.25) is 0 Å². The van der Waals surface area contributed by atoms with E-state index in [2.05, 4.69) is 83.3 Å². The van der Waals surface area contributed by atoms with E-state index in [4.69, 9.17) is 23.7 Å². The minimum atomic E-state index is -0.0716. The van der Waals surface area contributed by atoms with Crippen LogP contribution < -0.4 is 23.7 Å². The number of phenolic OH excluding ortho intramolecular Hbond substituents is 1. The van der Waals surface area contributed by atoms with Crippen molar-refractivity contribution in [3.8, 4) is 34.5 Å². The van der Waals surface area contributed by atoms with Gasteiger partial charge in [-0.1, -0.05) is 109 Å². The Labute approximate surface area is 471 Å². The van der Waals surface area contributed by atoms with Gasteiger partial charge in [0.2, 0.25) is 0 Å². The maximum Gasteiger partial charge on any atom is 0.257 e. The van der Waals surface area contributed by atoms with Crippen LogP contribution in [0.5, 0.6) is 34.5 Å². The predicted molar refractivity (Wildman–Crippen MR) is 312 cm³/mol. The van der Waals surface area contributed by atoms with Crippen LogP contribution in [0.3, 0.4) is 0 Å². The van der Waals surface area contributed by atoms with Gasteiger partial charge in [0.1, 0.15) is 13.2 Å². The molecule has 3 saturated heterocycles. The Balaban J connectivity index is 0.000000200. The molecule has 17 heteroatoms. The standard InChI is InChI=1S/C38H38N4O6.C15H16N2O3.C8H8Br2/c1-5-23-11-27-17-39-31-15-35(33(45-3)13-29(31)37(43)41(27)19-23)47-21-25-8-7-9-26(10-25)22-48-36-16-32-30(14-34(36)46-4)38(44)42-20-24(6-2)12-28(42)18-40-32;1-3-9-4-10-7-16-12-6-13(18)14(20-2)5-11(12)15(19)17(10)8-9;9-5-7-2-1-3-8(4-7)6-10/h5-10,13-18,27-28H,11-12,19-22H2,1-4H3;3,5-7,10,18H,4,8H2,1-2H3;1-4H,5-6H2/b23-5+,24-6+;9-3+;/t27-,28-;10-;/m00./s1. The molecule has 0 bridgehead atoms. The number of hydrogen-bond acceptors (Lipinski definition) is 12. The van der Waals surface area contributed by atoms with Gasteiger partial charge in [-0.3, -0.25) is 29.4 Å². The summed E-state index contributed by atoms with van der Waals surface area (Å²) in [5, 5.41) is 11.7. The fourth-order valence-corrected chi connectivity index (χ4v) is 10.8. The van der Waals surface area contributed by atoms with Gasteiger partial charge in [-0.25, -0.2) is 0 Å². The van der Waals surface area contributed by atoms with E-state index in [0.717, 1.165) is 41.0 Å². The predicted octanol–water partition coefficient (Wildman–Crippen LogP) is 12.4. The van der Waals surface area contributed by atoms with Crippen molar-refractivity contribution in [2.45, 2.75) is 82.0 Å². The third-order valence-electron chi connectivity index (χ3n) is 14.5. The zero-order valence-corrected chi connectivity index (χ0v) is 47.7. The highest BCUT2D eigenvalue weighted by Crippen LogP contribution is 2.42. The van der Waals surface area contributed by atoms with E-state index in [1.807, 2.05) is 73.3 Å². The second kappa shape index (κ2) is 24.9. The number of carbonyl (C=O) groups is 3. The summed E-state index contributed by atoms with van der Waals surface area (Å²) in [5.41, 5.74) is 11.3. The highest BCUT2D eigenvalue weighted by Gasteiger charge is 2.37. The molecular weight excluding hydrogens is 1120 g/mol. The van der Waals surface area contributed by atoms with Gasteiger partial charge in [-0.15, -0.1) is 0 Å². The molecule has 3 atom stereocenters. The molecule has 0 radical (unpaired) electrons. The van der Waals surface area contributed by atoms with Gasteiger partial charge in [-0.2, -0.15) is 0 Å². The number of nitrogens with zero attached hydrogens (tertiary/aromatic N) is 6. The van der Waals surface area contributed by atoms with Gasteiger partial charge < -0.3 is 43.5 Å². The Morgan fingerprint density at radius 3 is 1.21 bits per heavy atom. The zero-order chi connectivity index (χ0) is 55.0. The van der Waals surface area contributed by atoms with Crippen molar-refractivity contribution in [1.82, 2.24) is 14.7 Å². The van der Waals surface area contributed by atoms with Crippen LogP contribution in [0.4, 0.5) is 17.1 Å². The van der Waals surface area contributed by atoms with Gasteiger partial charge in [-0.05, 0) is 86.6 Å². The number of benzene rings is 5. The zero-order valence-electron chi connectivity index (χ0n) is 44.5. The average molecular weight is 1180 g/mol. The number of phenols is 1. The van der Waals surface area contributed by atoms with Gasteiger partial charge >= 0.3 is 0 Å². The summed E-state index contributed by atoms with van der Waals surface area (Å²) in [4.78, 5) is 58.7. The topological polar surface area (TPSA) is 164 Å². The molecule has 0 spiro atoms. The molecule has 15 nitrogen and oxygen atoms in total. The summed E-state index contributed by atoms with van der Waals surface area (Å²) in [6.07, 6.45) is 14.1. The average Bonchev–Trinajstić information content (AvgIpc) is 4.27. The number of hydrogen-bond donors (Lipinski definition) is 1. The van der Waals surface area contributed by atoms with E-state index in [-0.39, 0.29) is 60.6 Å². The number of amides is 3. The number of aliphatic imine (C=N–C) groups is 3. The summed E-state index contributed by atoms with van der Waals surface area (Å²) in [7, 11) is 4.59. The van der Waals surface area contributed by atoms with E-state index in [9.17, 15) is 19.5 Å². The quantitative estimate of drug-likeness (QED) is 0.100. The molecule has 3 amide bonds. The van der Waals surface area contributed by atoms with Crippen LogP contribution in [0, 0.1) is 0 Å². The number of fused-ring (bicyclic) bond motifs is 6. The fourth-order valence-electron chi connectivity index (χ4n) is 10.1. The SMILES string of the molecule is BrCc1cccc(CBr)c1.C/C=C1\C[C@H]2C=Nc3cc(O)c(OC)cc3C(=O)N2C1.C/C=C1\C[C@H]2C=Nc3cc(OCc4cccc(COc5cc6c(cc5OC)C(=O)N5C/C(=C/C)C[C@H]5C=N6)c4)c(OC)cc3C(=O)N2C1. The molecule has 404 valence electrons. The lowest BCUT2D eigenvalue weighted by Gasteiger charge is -2.20. The fraction of sp³-hybridized carbons (Fsp3) is 0.311. The molecule has 78 heavy (non-hydrogen) atoms. The largest absolute Gasteiger partial charge is 0.504 e. The van der Waals surface area contributed by atoms with Crippen LogP contribution in [-0.2, 0) is 23.9 Å². The lowest BCUT2D eigenvalue weighted by atomic mass is 10.1. The van der Waals surface area contributed by atoms with Crippen molar-refractivity contribution in [2.24, 2.45) is 15.0 Å². The van der Waals surface area contributed by atoms with Crippen LogP contribution in [0.25, 0.3) is 0 Å². The second-order valence-electron chi connectivity index (χ2n) is 19.4. The molecule has 5 aromatic carbocycles. The number of ether oxygens (including phenoxy) is 5. The van der Waals surface area contributed by atoms with Crippen LogP contribution in [0.1, 0.15) is 93.4 Å². The van der Waals surface area contributed by atoms with Gasteiger partial charge in [0, 0.05) is 67.1 Å². The Morgan fingerprint density at radius 2 is 0.846 bits per heavy atom. The van der Waals surface area contributed by atoms with Crippen LogP contribution >= 0.6 is 31.9 Å². The molecule has 11 rings (SSSR count). The van der Waals surface area contributed by atoms with Gasteiger partial charge in [0.25, 0.3) is 17.7 Å². The molecule has 3 fully saturated rings. The van der Waals surface area contributed by atoms with Crippen LogP contribution in [0.15, 0.2) is 135 Å². The number of allylic oxidation sites excluding steroid dienone is 3. The summed E-state index contributed by atoms with van der Waals surface area (Å²) in [5.74, 6) is 2.04. The second-order valence-corrected chi connectivity index (χ2v) is 20.5. The monoisotopic (exact) mass is 1180 g/mol. The third-order valence-corrected chi connectivity index (χ3v) is 15.8. The molecule has 0 aromatic heterocycles. The lowest BCUT2D eigenvalue weighted by molar-refractivity contribution is 0.0769. The summed E-state index contributed by atoms with van der Waals surface area (Å²) in [6, 6.07) is 26.3. The smallest absolute Gasteiger partial charge is 0.257 e. The minimum absolute atomic E-state index is 0.00534. The summed E-state index contributed by atoms with van der Waals surface area (Å²) in [6.45, 7) is 8.37. The maximum atomic E-state index is 13.4. The Bertz CT molecular complexity index is 3160. The number of alkyl halides is 2. The van der Waals surface area contributed by atoms with Crippen molar-refractivity contribution in [1.29, 1.82) is 0 Å². The molecule has 6 aliphatic rings. The molecule has 6 aliphatic heterocycles. The number of carbonyl (C=O) groups excluding carboxylic acids is 3. The van der Waals surface area contributed by atoms with E-state index in [1.54, 1.807) is 55.7 Å². The minimum Gasteiger partial charge on any atom is -0.504 e. The molecular formula is C61H62Br2N6O9. The summed E-state index contributed by atoms with van der Waals surface area (Å²) >= 11 is 6.81. The van der Waals surface area contributed by atoms with Gasteiger partial charge in [0.05, 0.1) is 73.2 Å². The Kier molecular flexibility index (Phi) is 17.6. The highest BCUT2D eigenvalue weighted by molar-refractivity contribution is 9.08. The Morgan fingerprint density at radius 1 is 0.500 bits per heavy atom. The van der Waals surface area contributed by atoms with Crippen molar-refractivity contribution < 1.29 is 43.2 Å².